The first-order chi connectivity index (χ1) is 7.22. The van der Waals surface area contributed by atoms with E-state index in [0.29, 0.717) is 11.3 Å². The fraction of sp³-hybridized carbons (Fsp3) is 0.0909. The van der Waals surface area contributed by atoms with Crippen LogP contribution in [0.25, 0.3) is 11.3 Å². The van der Waals surface area contributed by atoms with Crippen LogP contribution in [0.2, 0.25) is 0 Å². The van der Waals surface area contributed by atoms with Crippen LogP contribution in [0.5, 0.6) is 0 Å². The van der Waals surface area contributed by atoms with E-state index in [1.807, 2.05) is 6.07 Å². The summed E-state index contributed by atoms with van der Waals surface area (Å²) in [7, 11) is 0. The molecule has 0 N–H and O–H groups in total. The van der Waals surface area contributed by atoms with Gasteiger partial charge in [-0.15, -0.1) is 0 Å². The van der Waals surface area contributed by atoms with Crippen LogP contribution in [0.3, 0.4) is 0 Å². The molecule has 3 nitrogen and oxygen atoms in total. The molecular weight excluding hydrogens is 195 g/mol. The Morgan fingerprint density at radius 2 is 2.27 bits per heavy atom. The van der Waals surface area contributed by atoms with Crippen molar-refractivity contribution in [3.8, 4) is 17.3 Å². The standard InChI is InChI=1S/C11H7FN2O/c1-7-6-15-14-11(7)9-3-2-8(5-13)4-10(9)12/h2-4,6H,1H3. The molecule has 0 atom stereocenters. The lowest BCUT2D eigenvalue weighted by molar-refractivity contribution is 0.421. The Morgan fingerprint density at radius 3 is 2.80 bits per heavy atom. The summed E-state index contributed by atoms with van der Waals surface area (Å²) < 4.78 is 18.3. The minimum atomic E-state index is -0.467. The molecule has 2 aromatic rings. The zero-order valence-corrected chi connectivity index (χ0v) is 7.99. The van der Waals surface area contributed by atoms with Crippen LogP contribution in [-0.2, 0) is 0 Å². The summed E-state index contributed by atoms with van der Waals surface area (Å²) in [6, 6.07) is 6.13. The number of nitriles is 1. The van der Waals surface area contributed by atoms with E-state index in [9.17, 15) is 4.39 Å². The van der Waals surface area contributed by atoms with Crippen molar-refractivity contribution in [1.82, 2.24) is 5.16 Å². The Labute approximate surface area is 85.7 Å². The first kappa shape index (κ1) is 9.41. The number of rotatable bonds is 1. The molecule has 0 amide bonds. The van der Waals surface area contributed by atoms with E-state index in [4.69, 9.17) is 9.78 Å². The van der Waals surface area contributed by atoms with Crippen molar-refractivity contribution in [3.05, 3.63) is 41.4 Å². The highest BCUT2D eigenvalue weighted by Gasteiger charge is 2.11. The highest BCUT2D eigenvalue weighted by Crippen LogP contribution is 2.24. The molecule has 0 saturated carbocycles. The first-order valence-corrected chi connectivity index (χ1v) is 4.33. The van der Waals surface area contributed by atoms with Gasteiger partial charge in [0.2, 0.25) is 0 Å². The molecule has 0 radical (unpaired) electrons. The van der Waals surface area contributed by atoms with Crippen LogP contribution in [0, 0.1) is 24.1 Å². The lowest BCUT2D eigenvalue weighted by atomic mass is 10.1. The quantitative estimate of drug-likeness (QED) is 0.714. The maximum absolute atomic E-state index is 13.5. The molecule has 0 aliphatic carbocycles. The minimum Gasteiger partial charge on any atom is -0.364 e. The van der Waals surface area contributed by atoms with Crippen molar-refractivity contribution >= 4 is 0 Å². The Morgan fingerprint density at radius 1 is 1.47 bits per heavy atom. The second-order valence-electron chi connectivity index (χ2n) is 3.15. The Balaban J connectivity index is 2.56. The molecule has 0 aliphatic rings. The maximum Gasteiger partial charge on any atom is 0.134 e. The van der Waals surface area contributed by atoms with Gasteiger partial charge in [0.05, 0.1) is 11.6 Å². The first-order valence-electron chi connectivity index (χ1n) is 4.33. The molecule has 0 spiro atoms. The number of hydrogen-bond donors (Lipinski definition) is 0. The number of aromatic nitrogens is 1. The van der Waals surface area contributed by atoms with Crippen LogP contribution < -0.4 is 0 Å². The van der Waals surface area contributed by atoms with Crippen molar-refractivity contribution < 1.29 is 8.91 Å². The number of benzene rings is 1. The predicted octanol–water partition coefficient (Wildman–Crippen LogP) is 2.66. The largest absolute Gasteiger partial charge is 0.364 e. The topological polar surface area (TPSA) is 49.8 Å². The van der Waals surface area contributed by atoms with E-state index in [1.165, 1.54) is 18.4 Å². The van der Waals surface area contributed by atoms with Gasteiger partial charge in [0.25, 0.3) is 0 Å². The van der Waals surface area contributed by atoms with Crippen LogP contribution in [-0.4, -0.2) is 5.16 Å². The Kier molecular flexibility index (Phi) is 2.22. The molecule has 0 fully saturated rings. The zero-order valence-electron chi connectivity index (χ0n) is 7.99. The van der Waals surface area contributed by atoms with Crippen molar-refractivity contribution in [3.63, 3.8) is 0 Å². The number of aryl methyl sites for hydroxylation is 1. The van der Waals surface area contributed by atoms with Gasteiger partial charge in [-0.3, -0.25) is 0 Å². The fourth-order valence-corrected chi connectivity index (χ4v) is 1.32. The summed E-state index contributed by atoms with van der Waals surface area (Å²) in [6.45, 7) is 1.78. The molecule has 15 heavy (non-hydrogen) atoms. The number of halogens is 1. The third-order valence-corrected chi connectivity index (χ3v) is 2.10. The highest BCUT2D eigenvalue weighted by molar-refractivity contribution is 5.63. The van der Waals surface area contributed by atoms with Gasteiger partial charge in [-0.2, -0.15) is 5.26 Å². The van der Waals surface area contributed by atoms with E-state index in [1.54, 1.807) is 13.0 Å². The summed E-state index contributed by atoms with van der Waals surface area (Å²) in [5, 5.41) is 12.3. The summed E-state index contributed by atoms with van der Waals surface area (Å²) in [6.07, 6.45) is 1.45. The Bertz CT molecular complexity index is 540. The van der Waals surface area contributed by atoms with Crippen molar-refractivity contribution in [2.75, 3.05) is 0 Å². The molecule has 1 aromatic carbocycles. The second-order valence-corrected chi connectivity index (χ2v) is 3.15. The van der Waals surface area contributed by atoms with E-state index < -0.39 is 5.82 Å². The molecule has 0 bridgehead atoms. The van der Waals surface area contributed by atoms with Gasteiger partial charge in [-0.05, 0) is 25.1 Å². The van der Waals surface area contributed by atoms with E-state index in [0.717, 1.165) is 5.56 Å². The molecule has 4 heteroatoms. The van der Waals surface area contributed by atoms with E-state index in [-0.39, 0.29) is 5.56 Å². The van der Waals surface area contributed by atoms with Gasteiger partial charge >= 0.3 is 0 Å². The van der Waals surface area contributed by atoms with Gasteiger partial charge < -0.3 is 4.52 Å². The van der Waals surface area contributed by atoms with Crippen LogP contribution in [0.1, 0.15) is 11.1 Å². The van der Waals surface area contributed by atoms with Crippen molar-refractivity contribution in [2.45, 2.75) is 6.92 Å². The lowest BCUT2D eigenvalue weighted by Crippen LogP contribution is -1.87. The predicted molar refractivity (Wildman–Crippen MR) is 51.3 cm³/mol. The molecule has 0 unspecified atom stereocenters. The summed E-state index contributed by atoms with van der Waals surface area (Å²) in [5.41, 5.74) is 1.87. The van der Waals surface area contributed by atoms with Crippen LogP contribution in [0.15, 0.2) is 29.0 Å². The molecule has 2 rings (SSSR count). The van der Waals surface area contributed by atoms with Gasteiger partial charge in [0, 0.05) is 11.1 Å². The van der Waals surface area contributed by atoms with Crippen molar-refractivity contribution in [2.24, 2.45) is 0 Å². The average molecular weight is 202 g/mol. The van der Waals surface area contributed by atoms with E-state index >= 15 is 0 Å². The normalized spacial score (nSPS) is 9.93. The van der Waals surface area contributed by atoms with E-state index in [2.05, 4.69) is 5.16 Å². The second kappa shape index (κ2) is 3.54. The Hall–Kier alpha value is -2.15. The van der Waals surface area contributed by atoms with Gasteiger partial charge in [-0.25, -0.2) is 4.39 Å². The minimum absolute atomic E-state index is 0.289. The zero-order chi connectivity index (χ0) is 10.8. The summed E-state index contributed by atoms with van der Waals surface area (Å²) in [4.78, 5) is 0. The van der Waals surface area contributed by atoms with Crippen LogP contribution in [0.4, 0.5) is 4.39 Å². The smallest absolute Gasteiger partial charge is 0.134 e. The summed E-state index contributed by atoms with van der Waals surface area (Å²) >= 11 is 0. The number of nitrogens with zero attached hydrogens (tertiary/aromatic N) is 2. The monoisotopic (exact) mass is 202 g/mol. The molecular formula is C11H7FN2O. The average Bonchev–Trinajstić information content (AvgIpc) is 2.64. The van der Waals surface area contributed by atoms with Gasteiger partial charge in [-0.1, -0.05) is 5.16 Å². The molecule has 0 aliphatic heterocycles. The van der Waals surface area contributed by atoms with Gasteiger partial charge in [0.15, 0.2) is 0 Å². The third-order valence-electron chi connectivity index (χ3n) is 2.10. The summed E-state index contributed by atoms with van der Waals surface area (Å²) in [5.74, 6) is -0.467. The lowest BCUT2D eigenvalue weighted by Gasteiger charge is -1.99. The molecule has 1 heterocycles. The maximum atomic E-state index is 13.5. The van der Waals surface area contributed by atoms with Gasteiger partial charge in [0.1, 0.15) is 17.8 Å². The molecule has 1 aromatic heterocycles. The fourth-order valence-electron chi connectivity index (χ4n) is 1.32. The SMILES string of the molecule is Cc1conc1-c1ccc(C#N)cc1F. The third kappa shape index (κ3) is 1.59. The molecule has 0 saturated heterocycles. The number of hydrogen-bond acceptors (Lipinski definition) is 3. The molecule has 74 valence electrons. The highest BCUT2D eigenvalue weighted by atomic mass is 19.1. The van der Waals surface area contributed by atoms with Crippen molar-refractivity contribution in [1.29, 1.82) is 5.26 Å². The van der Waals surface area contributed by atoms with Crippen LogP contribution >= 0.6 is 0 Å².